The third-order valence-corrected chi connectivity index (χ3v) is 6.07. The quantitative estimate of drug-likeness (QED) is 0.327. The maximum Gasteiger partial charge on any atom is 0.168 e. The van der Waals surface area contributed by atoms with E-state index in [1.165, 1.54) is 0 Å². The smallest absolute Gasteiger partial charge is 0.168 e. The summed E-state index contributed by atoms with van der Waals surface area (Å²) in [4.78, 5) is 0. The van der Waals surface area contributed by atoms with Gasteiger partial charge in [0.25, 0.3) is 0 Å². The highest BCUT2D eigenvalue weighted by Gasteiger charge is 2.19. The number of nitrogens with zero attached hydrogens (tertiary/aromatic N) is 3. The molecule has 0 bridgehead atoms. The van der Waals surface area contributed by atoms with Crippen molar-refractivity contribution in [2.24, 2.45) is 0 Å². The third kappa shape index (κ3) is 3.42. The van der Waals surface area contributed by atoms with E-state index in [2.05, 4.69) is 15.5 Å². The monoisotopic (exact) mass is 445 g/mol. The lowest BCUT2D eigenvalue weighted by molar-refractivity contribution is 0.637. The molecule has 0 fully saturated rings. The Morgan fingerprint density at radius 3 is 2.44 bits per heavy atom. The second-order valence-corrected chi connectivity index (χ2v) is 8.04. The lowest BCUT2D eigenvalue weighted by Crippen LogP contribution is -2.03. The summed E-state index contributed by atoms with van der Waals surface area (Å²) in [5.74, 6) is 0.0619. The molecule has 0 aliphatic rings. The largest absolute Gasteiger partial charge is 0.364 e. The molecule has 0 saturated heterocycles. The van der Waals surface area contributed by atoms with E-state index in [9.17, 15) is 4.39 Å². The molecule has 0 radical (unpaired) electrons. The molecular formula is C25H21ClFN5. The van der Waals surface area contributed by atoms with E-state index in [0.717, 1.165) is 28.2 Å². The molecule has 5 aromatic rings. The number of benzene rings is 3. The Balaban J connectivity index is 1.50. The lowest BCUT2D eigenvalue weighted by Gasteiger charge is -2.09. The van der Waals surface area contributed by atoms with Crippen molar-refractivity contribution in [3.8, 4) is 16.8 Å². The van der Waals surface area contributed by atoms with Crippen molar-refractivity contribution in [3.05, 3.63) is 94.5 Å². The van der Waals surface area contributed by atoms with Crippen molar-refractivity contribution in [2.45, 2.75) is 20.4 Å². The summed E-state index contributed by atoms with van der Waals surface area (Å²) in [5.41, 5.74) is 5.81. The molecule has 0 aliphatic heterocycles. The van der Waals surface area contributed by atoms with Gasteiger partial charge in [0.1, 0.15) is 5.52 Å². The highest BCUT2D eigenvalue weighted by atomic mass is 35.5. The van der Waals surface area contributed by atoms with Crippen molar-refractivity contribution in [3.63, 3.8) is 0 Å². The summed E-state index contributed by atoms with van der Waals surface area (Å²) in [6.07, 6.45) is 0. The molecule has 0 atom stereocenters. The zero-order valence-electron chi connectivity index (χ0n) is 17.7. The molecular weight excluding hydrogens is 425 g/mol. The molecule has 0 aliphatic carbocycles. The molecule has 2 N–H and O–H groups in total. The normalized spacial score (nSPS) is 11.2. The van der Waals surface area contributed by atoms with Crippen LogP contribution in [0.15, 0.2) is 66.7 Å². The number of aromatic nitrogens is 4. The molecule has 5 rings (SSSR count). The van der Waals surface area contributed by atoms with Gasteiger partial charge < -0.3 is 5.32 Å². The van der Waals surface area contributed by atoms with Crippen LogP contribution < -0.4 is 5.32 Å². The first-order valence-corrected chi connectivity index (χ1v) is 10.7. The van der Waals surface area contributed by atoms with E-state index < -0.39 is 5.82 Å². The zero-order chi connectivity index (χ0) is 22.2. The first-order valence-electron chi connectivity index (χ1n) is 10.3. The Bertz CT molecular complexity index is 1410. The number of para-hydroxylation sites is 1. The number of anilines is 1. The standard InChI is InChI=1S/C25H21ClFN5/c1-15-21(16(2)32(31-15)18-11-7-4-8-12-18)14-28-25-20-13-19(17-9-5-3-6-10-17)22(26)23(27)24(20)29-30-25/h3-13H,14H2,1-2H3,(H2,28,29,30). The van der Waals surface area contributed by atoms with Gasteiger partial charge in [-0.3, -0.25) is 5.10 Å². The van der Waals surface area contributed by atoms with Crippen LogP contribution in [0.5, 0.6) is 0 Å². The molecule has 2 heterocycles. The van der Waals surface area contributed by atoms with E-state index in [-0.39, 0.29) is 10.5 Å². The number of H-pyrrole nitrogens is 1. The van der Waals surface area contributed by atoms with Gasteiger partial charge in [0.2, 0.25) is 0 Å². The molecule has 0 unspecified atom stereocenters. The van der Waals surface area contributed by atoms with Crippen LogP contribution in [0.2, 0.25) is 5.02 Å². The summed E-state index contributed by atoms with van der Waals surface area (Å²) in [7, 11) is 0. The van der Waals surface area contributed by atoms with E-state index in [0.29, 0.717) is 23.3 Å². The van der Waals surface area contributed by atoms with Crippen LogP contribution in [-0.4, -0.2) is 20.0 Å². The van der Waals surface area contributed by atoms with Gasteiger partial charge in [-0.05, 0) is 37.6 Å². The van der Waals surface area contributed by atoms with E-state index in [4.69, 9.17) is 16.7 Å². The number of rotatable bonds is 5. The molecule has 7 heteroatoms. The van der Waals surface area contributed by atoms with Crippen LogP contribution in [0.1, 0.15) is 17.0 Å². The fourth-order valence-corrected chi connectivity index (χ4v) is 4.24. The van der Waals surface area contributed by atoms with Gasteiger partial charge in [-0.25, -0.2) is 9.07 Å². The minimum absolute atomic E-state index is 0.0785. The maximum atomic E-state index is 15.0. The van der Waals surface area contributed by atoms with E-state index in [1.807, 2.05) is 85.3 Å². The number of halogens is 2. The first kappa shape index (κ1) is 20.3. The van der Waals surface area contributed by atoms with E-state index >= 15 is 0 Å². The Labute approximate surface area is 189 Å². The van der Waals surface area contributed by atoms with Crippen molar-refractivity contribution in [2.75, 3.05) is 5.32 Å². The van der Waals surface area contributed by atoms with Gasteiger partial charge in [-0.1, -0.05) is 60.1 Å². The number of hydrogen-bond donors (Lipinski definition) is 2. The fraction of sp³-hybridized carbons (Fsp3) is 0.120. The summed E-state index contributed by atoms with van der Waals surface area (Å²) < 4.78 is 16.9. The third-order valence-electron chi connectivity index (χ3n) is 5.70. The predicted molar refractivity (Wildman–Crippen MR) is 127 cm³/mol. The molecule has 0 saturated carbocycles. The van der Waals surface area contributed by atoms with Gasteiger partial charge in [-0.2, -0.15) is 10.2 Å². The van der Waals surface area contributed by atoms with Crippen molar-refractivity contribution in [1.82, 2.24) is 20.0 Å². The highest BCUT2D eigenvalue weighted by Crippen LogP contribution is 2.37. The highest BCUT2D eigenvalue weighted by molar-refractivity contribution is 6.34. The van der Waals surface area contributed by atoms with Crippen LogP contribution in [0.4, 0.5) is 10.2 Å². The average Bonchev–Trinajstić information content (AvgIpc) is 3.36. The summed E-state index contributed by atoms with van der Waals surface area (Å²) >= 11 is 6.34. The summed E-state index contributed by atoms with van der Waals surface area (Å²) in [6, 6.07) is 21.4. The SMILES string of the molecule is Cc1nn(-c2ccccc2)c(C)c1CNc1n[nH]c2c(F)c(Cl)c(-c3ccccc3)cc12. The van der Waals surface area contributed by atoms with Crippen molar-refractivity contribution in [1.29, 1.82) is 0 Å². The number of nitrogens with one attached hydrogen (secondary N) is 2. The second kappa shape index (κ2) is 8.13. The van der Waals surface area contributed by atoms with E-state index in [1.54, 1.807) is 0 Å². The van der Waals surface area contributed by atoms with Gasteiger partial charge >= 0.3 is 0 Å². The predicted octanol–water partition coefficient (Wildman–Crippen LogP) is 6.44. The first-order chi connectivity index (χ1) is 15.5. The maximum absolute atomic E-state index is 15.0. The molecule has 2 aromatic heterocycles. The Morgan fingerprint density at radius 1 is 1.03 bits per heavy atom. The number of aryl methyl sites for hydroxylation is 1. The van der Waals surface area contributed by atoms with Crippen LogP contribution in [0, 0.1) is 19.7 Å². The molecule has 0 spiro atoms. The lowest BCUT2D eigenvalue weighted by atomic mass is 10.0. The van der Waals surface area contributed by atoms with Crippen LogP contribution in [0.25, 0.3) is 27.7 Å². The molecule has 3 aromatic carbocycles. The van der Waals surface area contributed by atoms with Gasteiger partial charge in [0.15, 0.2) is 11.6 Å². The van der Waals surface area contributed by atoms with Crippen LogP contribution >= 0.6 is 11.6 Å². The Morgan fingerprint density at radius 2 is 1.72 bits per heavy atom. The molecule has 0 amide bonds. The number of hydrogen-bond acceptors (Lipinski definition) is 3. The second-order valence-electron chi connectivity index (χ2n) is 7.66. The summed E-state index contributed by atoms with van der Waals surface area (Å²) in [5, 5.41) is 15.9. The molecule has 32 heavy (non-hydrogen) atoms. The molecule has 160 valence electrons. The molecule has 5 nitrogen and oxygen atoms in total. The fourth-order valence-electron chi connectivity index (χ4n) is 3.98. The van der Waals surface area contributed by atoms with Crippen molar-refractivity contribution >= 4 is 28.3 Å². The zero-order valence-corrected chi connectivity index (χ0v) is 18.4. The van der Waals surface area contributed by atoms with Gasteiger partial charge in [-0.15, -0.1) is 0 Å². The minimum Gasteiger partial charge on any atom is -0.364 e. The minimum atomic E-state index is -0.507. The summed E-state index contributed by atoms with van der Waals surface area (Å²) in [6.45, 7) is 4.54. The van der Waals surface area contributed by atoms with Crippen LogP contribution in [0.3, 0.4) is 0 Å². The van der Waals surface area contributed by atoms with Gasteiger partial charge in [0, 0.05) is 28.8 Å². The Hall–Kier alpha value is -3.64. The average molecular weight is 446 g/mol. The Kier molecular flexibility index (Phi) is 5.15. The topological polar surface area (TPSA) is 58.5 Å². The van der Waals surface area contributed by atoms with Crippen molar-refractivity contribution < 1.29 is 4.39 Å². The number of aromatic amines is 1. The van der Waals surface area contributed by atoms with Crippen LogP contribution in [-0.2, 0) is 6.54 Å². The number of fused-ring (bicyclic) bond motifs is 1. The van der Waals surface area contributed by atoms with Gasteiger partial charge in [0.05, 0.1) is 16.4 Å².